The topological polar surface area (TPSA) is 56.9 Å². The van der Waals surface area contributed by atoms with Crippen molar-refractivity contribution in [3.05, 3.63) is 191 Å². The molecule has 8 aromatic carbocycles. The Kier molecular flexibility index (Phi) is 7.33. The summed E-state index contributed by atoms with van der Waals surface area (Å²) in [6.07, 6.45) is 0.472. The van der Waals surface area contributed by atoms with Crippen molar-refractivity contribution in [1.82, 2.24) is 4.57 Å². The highest BCUT2D eigenvalue weighted by atomic mass is 15.0. The molecule has 0 unspecified atom stereocenters. The van der Waals surface area contributed by atoms with Crippen LogP contribution in [0.2, 0.25) is 0 Å². The van der Waals surface area contributed by atoms with Crippen LogP contribution in [-0.2, 0) is 6.42 Å². The average molecular weight is 661 g/mol. The Morgan fingerprint density at radius 1 is 0.519 bits per heavy atom. The van der Waals surface area contributed by atoms with E-state index < -0.39 is 0 Å². The van der Waals surface area contributed by atoms with E-state index in [9.17, 15) is 10.5 Å². The summed E-state index contributed by atoms with van der Waals surface area (Å²) in [6.45, 7) is 8.32. The molecule has 0 aliphatic carbocycles. The Morgan fingerprint density at radius 2 is 1.08 bits per heavy atom. The lowest BCUT2D eigenvalue weighted by Crippen LogP contribution is -2.01. The molecule has 52 heavy (non-hydrogen) atoms. The molecule has 0 amide bonds. The summed E-state index contributed by atoms with van der Waals surface area (Å²) in [5, 5.41) is 27.3. The standard InChI is InChI=1S/C48H28N4/c1-51-44-26-31(29-49)25-41(33-23-24-34(30-50)47(27-33)52-45-21-11-9-17-37(45)38-18-10-12-22-46(38)52)43(44)28-42-35-15-5-7-19-39(35)48(32-13-3-2-4-14-32)40-20-8-6-16-36(40)42/h2-27H,28H2. The first-order valence-corrected chi connectivity index (χ1v) is 17.1. The quantitative estimate of drug-likeness (QED) is 0.136. The van der Waals surface area contributed by atoms with Gasteiger partial charge in [0, 0.05) is 16.3 Å². The number of hydrogen-bond donors (Lipinski definition) is 0. The second kappa shape index (κ2) is 12.5. The van der Waals surface area contributed by atoms with Gasteiger partial charge in [-0.15, -0.1) is 0 Å². The fourth-order valence-corrected chi connectivity index (χ4v) is 7.93. The van der Waals surface area contributed by atoms with Crippen molar-refractivity contribution in [2.24, 2.45) is 0 Å². The number of nitriles is 2. The zero-order valence-electron chi connectivity index (χ0n) is 28.0. The maximum atomic E-state index is 10.4. The lowest BCUT2D eigenvalue weighted by molar-refractivity contribution is 1.17. The van der Waals surface area contributed by atoms with Gasteiger partial charge >= 0.3 is 0 Å². The lowest BCUT2D eigenvalue weighted by atomic mass is 9.84. The van der Waals surface area contributed by atoms with E-state index in [2.05, 4.69) is 119 Å². The van der Waals surface area contributed by atoms with Crippen molar-refractivity contribution in [2.75, 3.05) is 0 Å². The van der Waals surface area contributed by atoms with Crippen LogP contribution in [0.4, 0.5) is 5.69 Å². The number of benzene rings is 8. The summed E-state index contributed by atoms with van der Waals surface area (Å²) in [7, 11) is 0. The van der Waals surface area contributed by atoms with E-state index in [0.717, 1.165) is 76.9 Å². The molecule has 1 heterocycles. The number of nitrogens with zero attached hydrogens (tertiary/aromatic N) is 4. The highest BCUT2D eigenvalue weighted by Crippen LogP contribution is 2.43. The number of para-hydroxylation sites is 2. The molecule has 0 radical (unpaired) electrons. The lowest BCUT2D eigenvalue weighted by Gasteiger charge is -2.20. The Balaban J connectivity index is 1.31. The predicted octanol–water partition coefficient (Wildman–Crippen LogP) is 12.3. The first kappa shape index (κ1) is 30.6. The van der Waals surface area contributed by atoms with Crippen LogP contribution >= 0.6 is 0 Å². The Hall–Kier alpha value is -7.45. The molecule has 9 aromatic rings. The molecule has 0 bridgehead atoms. The molecular weight excluding hydrogens is 633 g/mol. The van der Waals surface area contributed by atoms with Gasteiger partial charge in [0.25, 0.3) is 0 Å². The predicted molar refractivity (Wildman–Crippen MR) is 212 cm³/mol. The minimum absolute atomic E-state index is 0.418. The SMILES string of the molecule is [C-]#[N+]c1cc(C#N)cc(-c2ccc(C#N)c(-n3c4ccccc4c4ccccc43)c2)c1Cc1c2ccccc2c(-c2ccccc2)c2ccccc12. The second-order valence-corrected chi connectivity index (χ2v) is 12.9. The molecule has 0 aliphatic heterocycles. The van der Waals surface area contributed by atoms with Crippen LogP contribution in [0.15, 0.2) is 158 Å². The second-order valence-electron chi connectivity index (χ2n) is 12.9. The van der Waals surface area contributed by atoms with Crippen LogP contribution in [0.1, 0.15) is 22.3 Å². The van der Waals surface area contributed by atoms with Crippen LogP contribution in [0.3, 0.4) is 0 Å². The summed E-state index contributed by atoms with van der Waals surface area (Å²) in [5.74, 6) is 0. The molecule has 0 spiro atoms. The first-order valence-electron chi connectivity index (χ1n) is 17.1. The molecule has 4 heteroatoms. The molecule has 9 rings (SSSR count). The van der Waals surface area contributed by atoms with Crippen molar-refractivity contribution < 1.29 is 0 Å². The average Bonchev–Trinajstić information content (AvgIpc) is 3.55. The van der Waals surface area contributed by atoms with Crippen molar-refractivity contribution in [1.29, 1.82) is 10.5 Å². The summed E-state index contributed by atoms with van der Waals surface area (Å²) < 4.78 is 2.15. The molecule has 0 saturated heterocycles. The minimum atomic E-state index is 0.418. The van der Waals surface area contributed by atoms with Crippen molar-refractivity contribution in [2.45, 2.75) is 6.42 Å². The van der Waals surface area contributed by atoms with Gasteiger partial charge in [-0.25, -0.2) is 4.85 Å². The molecule has 240 valence electrons. The van der Waals surface area contributed by atoms with Crippen LogP contribution in [-0.4, -0.2) is 4.57 Å². The summed E-state index contributed by atoms with van der Waals surface area (Å²) in [4.78, 5) is 4.02. The van der Waals surface area contributed by atoms with Gasteiger partial charge in [-0.05, 0) is 97.7 Å². The zero-order chi connectivity index (χ0) is 35.2. The largest absolute Gasteiger partial charge is 0.308 e. The van der Waals surface area contributed by atoms with Gasteiger partial charge in [-0.1, -0.05) is 121 Å². The van der Waals surface area contributed by atoms with Crippen molar-refractivity contribution in [3.8, 4) is 40.1 Å². The molecule has 1 aromatic heterocycles. The van der Waals surface area contributed by atoms with E-state index in [-0.39, 0.29) is 0 Å². The third-order valence-electron chi connectivity index (χ3n) is 10.2. The Labute approximate surface area is 301 Å². The Bertz CT molecular complexity index is 2910. The van der Waals surface area contributed by atoms with E-state index in [4.69, 9.17) is 6.57 Å². The van der Waals surface area contributed by atoms with E-state index in [1.54, 1.807) is 6.07 Å². The molecule has 4 nitrogen and oxygen atoms in total. The van der Waals surface area contributed by atoms with E-state index in [1.165, 1.54) is 5.56 Å². The number of fused-ring (bicyclic) bond motifs is 5. The van der Waals surface area contributed by atoms with Gasteiger partial charge in [0.05, 0.1) is 34.9 Å². The molecule has 0 fully saturated rings. The van der Waals surface area contributed by atoms with Crippen molar-refractivity contribution in [3.63, 3.8) is 0 Å². The smallest absolute Gasteiger partial charge is 0.192 e. The molecule has 0 N–H and O–H groups in total. The minimum Gasteiger partial charge on any atom is -0.308 e. The highest BCUT2D eigenvalue weighted by Gasteiger charge is 2.21. The fraction of sp³-hybridized carbons (Fsp3) is 0.0208. The normalized spacial score (nSPS) is 11.1. The van der Waals surface area contributed by atoms with Gasteiger partial charge in [-0.3, -0.25) is 0 Å². The van der Waals surface area contributed by atoms with E-state index in [1.807, 2.05) is 54.6 Å². The first-order chi connectivity index (χ1) is 25.7. The van der Waals surface area contributed by atoms with Gasteiger partial charge in [0.15, 0.2) is 5.69 Å². The number of hydrogen-bond acceptors (Lipinski definition) is 2. The van der Waals surface area contributed by atoms with E-state index in [0.29, 0.717) is 23.2 Å². The summed E-state index contributed by atoms with van der Waals surface area (Å²) in [5.41, 5.74) is 10.1. The molecular formula is C48H28N4. The highest BCUT2D eigenvalue weighted by molar-refractivity contribution is 6.15. The van der Waals surface area contributed by atoms with Gasteiger partial charge < -0.3 is 4.57 Å². The summed E-state index contributed by atoms with van der Waals surface area (Å²) in [6, 6.07) is 58.2. The monoisotopic (exact) mass is 660 g/mol. The third-order valence-corrected chi connectivity index (χ3v) is 10.2. The number of rotatable bonds is 5. The van der Waals surface area contributed by atoms with E-state index >= 15 is 0 Å². The van der Waals surface area contributed by atoms with Crippen LogP contribution in [0.25, 0.3) is 76.1 Å². The summed E-state index contributed by atoms with van der Waals surface area (Å²) >= 11 is 0. The molecule has 0 aliphatic rings. The van der Waals surface area contributed by atoms with Crippen LogP contribution in [0, 0.1) is 29.2 Å². The molecule has 0 saturated carbocycles. The van der Waals surface area contributed by atoms with Gasteiger partial charge in [0.2, 0.25) is 0 Å². The van der Waals surface area contributed by atoms with Crippen molar-refractivity contribution >= 4 is 49.0 Å². The van der Waals surface area contributed by atoms with Gasteiger partial charge in [-0.2, -0.15) is 10.5 Å². The Morgan fingerprint density at radius 3 is 1.65 bits per heavy atom. The third kappa shape index (κ3) is 4.81. The molecule has 0 atom stereocenters. The zero-order valence-corrected chi connectivity index (χ0v) is 28.0. The number of aromatic nitrogens is 1. The maximum Gasteiger partial charge on any atom is 0.192 e. The maximum absolute atomic E-state index is 10.4. The fourth-order valence-electron chi connectivity index (χ4n) is 7.93. The van der Waals surface area contributed by atoms with Gasteiger partial charge in [0.1, 0.15) is 6.07 Å². The van der Waals surface area contributed by atoms with Crippen LogP contribution < -0.4 is 0 Å². The van der Waals surface area contributed by atoms with Crippen LogP contribution in [0.5, 0.6) is 0 Å².